The summed E-state index contributed by atoms with van der Waals surface area (Å²) in [7, 11) is -2.68. The van der Waals surface area contributed by atoms with Crippen LogP contribution in [-0.2, 0) is 16.4 Å². The zero-order valence-corrected chi connectivity index (χ0v) is 18.0. The Morgan fingerprint density at radius 3 is 2.41 bits per heavy atom. The Labute approximate surface area is 183 Å². The molecule has 0 spiro atoms. The monoisotopic (exact) mass is 447 g/mol. The normalized spacial score (nSPS) is 14.0. The van der Waals surface area contributed by atoms with E-state index < -0.39 is 22.9 Å². The van der Waals surface area contributed by atoms with Gasteiger partial charge in [0.15, 0.2) is 11.5 Å². The van der Waals surface area contributed by atoms with Crippen molar-refractivity contribution in [3.63, 3.8) is 0 Å². The molecule has 0 aromatic heterocycles. The average Bonchev–Trinajstić information content (AvgIpc) is 2.70. The van der Waals surface area contributed by atoms with E-state index in [0.717, 1.165) is 0 Å². The SMILES string of the molecule is Cl.[2H]C([2H])([2H])C(Cc1ccc(OC)c(S(N)(=O)=O)c1)NCCOc1ccccc1OCC. The summed E-state index contributed by atoms with van der Waals surface area (Å²) in [6, 6.07) is 10.7. The van der Waals surface area contributed by atoms with Crippen molar-refractivity contribution >= 4 is 22.4 Å². The summed E-state index contributed by atoms with van der Waals surface area (Å²) < 4.78 is 63.3. The third-order valence-electron chi connectivity index (χ3n) is 3.87. The molecule has 2 aromatic carbocycles. The maximum Gasteiger partial charge on any atom is 0.241 e. The molecule has 0 heterocycles. The highest BCUT2D eigenvalue weighted by Gasteiger charge is 2.16. The molecule has 0 amide bonds. The Hall–Kier alpha value is -2.00. The Morgan fingerprint density at radius 1 is 1.14 bits per heavy atom. The predicted molar refractivity (Wildman–Crippen MR) is 116 cm³/mol. The summed E-state index contributed by atoms with van der Waals surface area (Å²) >= 11 is 0. The van der Waals surface area contributed by atoms with Crippen LogP contribution in [0.4, 0.5) is 0 Å². The van der Waals surface area contributed by atoms with E-state index in [9.17, 15) is 8.42 Å². The van der Waals surface area contributed by atoms with Crippen molar-refractivity contribution < 1.29 is 26.7 Å². The van der Waals surface area contributed by atoms with Crippen molar-refractivity contribution in [3.8, 4) is 17.2 Å². The molecule has 162 valence electrons. The lowest BCUT2D eigenvalue weighted by molar-refractivity contribution is 0.272. The molecule has 7 nitrogen and oxygen atoms in total. The minimum atomic E-state index is -4.02. The van der Waals surface area contributed by atoms with Crippen molar-refractivity contribution in [1.29, 1.82) is 0 Å². The van der Waals surface area contributed by atoms with Crippen molar-refractivity contribution in [1.82, 2.24) is 5.32 Å². The summed E-state index contributed by atoms with van der Waals surface area (Å²) in [6.45, 7) is 0.552. The molecular formula is C20H29ClN2O5S. The third-order valence-corrected chi connectivity index (χ3v) is 4.81. The van der Waals surface area contributed by atoms with Crippen LogP contribution >= 0.6 is 12.4 Å². The maximum absolute atomic E-state index is 11.8. The summed E-state index contributed by atoms with van der Waals surface area (Å²) in [5.74, 6) is 1.29. The average molecular weight is 448 g/mol. The summed E-state index contributed by atoms with van der Waals surface area (Å²) in [6.07, 6.45) is 0.0680. The number of para-hydroxylation sites is 2. The van der Waals surface area contributed by atoms with Gasteiger partial charge in [0.05, 0.1) is 13.7 Å². The van der Waals surface area contributed by atoms with E-state index in [1.807, 2.05) is 19.1 Å². The Morgan fingerprint density at radius 2 is 1.83 bits per heavy atom. The van der Waals surface area contributed by atoms with Gasteiger partial charge in [-0.2, -0.15) is 0 Å². The van der Waals surface area contributed by atoms with Gasteiger partial charge in [-0.1, -0.05) is 18.2 Å². The second-order valence-electron chi connectivity index (χ2n) is 5.97. The highest BCUT2D eigenvalue weighted by molar-refractivity contribution is 7.89. The lowest BCUT2D eigenvalue weighted by Crippen LogP contribution is -2.32. The van der Waals surface area contributed by atoms with Gasteiger partial charge in [0.1, 0.15) is 17.3 Å². The van der Waals surface area contributed by atoms with Crippen LogP contribution in [-0.4, -0.2) is 41.3 Å². The van der Waals surface area contributed by atoms with E-state index in [0.29, 0.717) is 23.7 Å². The zero-order valence-electron chi connectivity index (χ0n) is 19.4. The number of ether oxygens (including phenoxy) is 3. The molecule has 0 bridgehead atoms. The number of hydrogen-bond acceptors (Lipinski definition) is 6. The first-order chi connectivity index (χ1) is 14.6. The fraction of sp³-hybridized carbons (Fsp3) is 0.400. The standard InChI is InChI=1S/C20H28N2O5S.ClH/c1-4-26-17-7-5-6-8-18(17)27-12-11-22-15(2)13-16-9-10-19(25-3)20(14-16)28(21,23)24;/h5-10,14-15,22H,4,11-13H2,1-3H3,(H2,21,23,24);1H/i2D3;. The third kappa shape index (κ3) is 7.74. The topological polar surface area (TPSA) is 99.9 Å². The van der Waals surface area contributed by atoms with E-state index in [4.69, 9.17) is 23.5 Å². The molecule has 0 aliphatic rings. The van der Waals surface area contributed by atoms with Crippen LogP contribution < -0.4 is 24.7 Å². The first kappa shape index (κ1) is 20.3. The van der Waals surface area contributed by atoms with E-state index in [2.05, 4.69) is 5.32 Å². The zero-order chi connectivity index (χ0) is 23.1. The number of nitrogens with two attached hydrogens (primary N) is 1. The molecule has 2 aromatic rings. The number of nitrogens with one attached hydrogen (secondary N) is 1. The lowest BCUT2D eigenvalue weighted by atomic mass is 10.1. The second-order valence-corrected chi connectivity index (χ2v) is 7.50. The molecule has 1 atom stereocenters. The molecule has 0 saturated heterocycles. The number of methoxy groups -OCH3 is 1. The summed E-state index contributed by atoms with van der Waals surface area (Å²) in [5.41, 5.74) is 0.501. The smallest absolute Gasteiger partial charge is 0.241 e. The molecule has 3 N–H and O–H groups in total. The Bertz CT molecular complexity index is 974. The van der Waals surface area contributed by atoms with Gasteiger partial charge in [-0.25, -0.2) is 13.6 Å². The highest BCUT2D eigenvalue weighted by atomic mass is 35.5. The van der Waals surface area contributed by atoms with Crippen molar-refractivity contribution in [2.45, 2.75) is 31.1 Å². The van der Waals surface area contributed by atoms with Crippen LogP contribution in [0.2, 0.25) is 0 Å². The minimum Gasteiger partial charge on any atom is -0.495 e. The molecule has 2 rings (SSSR count). The van der Waals surface area contributed by atoms with Gasteiger partial charge in [-0.3, -0.25) is 0 Å². The molecule has 1 unspecified atom stereocenters. The van der Waals surface area contributed by atoms with Crippen LogP contribution in [0.1, 0.15) is 23.5 Å². The van der Waals surface area contributed by atoms with Crippen LogP contribution in [0.3, 0.4) is 0 Å². The van der Waals surface area contributed by atoms with Gasteiger partial charge < -0.3 is 19.5 Å². The lowest BCUT2D eigenvalue weighted by Gasteiger charge is -2.16. The van der Waals surface area contributed by atoms with Crippen LogP contribution in [0.5, 0.6) is 17.2 Å². The number of primary sulfonamides is 1. The molecule has 9 heteroatoms. The minimum absolute atomic E-state index is 0. The van der Waals surface area contributed by atoms with Gasteiger partial charge in [-0.15, -0.1) is 12.4 Å². The van der Waals surface area contributed by atoms with Crippen molar-refractivity contribution in [3.05, 3.63) is 48.0 Å². The van der Waals surface area contributed by atoms with E-state index in [-0.39, 0.29) is 42.6 Å². The molecule has 0 aliphatic carbocycles. The number of hydrogen-bond donors (Lipinski definition) is 2. The molecule has 0 saturated carbocycles. The van der Waals surface area contributed by atoms with Gasteiger partial charge in [0.25, 0.3) is 0 Å². The largest absolute Gasteiger partial charge is 0.495 e. The van der Waals surface area contributed by atoms with Gasteiger partial charge in [0, 0.05) is 16.7 Å². The number of rotatable bonds is 11. The summed E-state index contributed by atoms with van der Waals surface area (Å²) in [5, 5.41) is 8.22. The molecule has 0 aliphatic heterocycles. The fourth-order valence-electron chi connectivity index (χ4n) is 2.62. The van der Waals surface area contributed by atoms with Crippen LogP contribution in [0.25, 0.3) is 0 Å². The quantitative estimate of drug-likeness (QED) is 0.514. The Balaban J connectivity index is 0.00000512. The maximum atomic E-state index is 11.8. The second kappa shape index (κ2) is 11.9. The van der Waals surface area contributed by atoms with Gasteiger partial charge in [-0.05, 0) is 50.0 Å². The van der Waals surface area contributed by atoms with E-state index in [1.165, 1.54) is 19.2 Å². The van der Waals surface area contributed by atoms with Crippen LogP contribution in [0, 0.1) is 0 Å². The van der Waals surface area contributed by atoms with Gasteiger partial charge >= 0.3 is 0 Å². The molecular weight excluding hydrogens is 416 g/mol. The highest BCUT2D eigenvalue weighted by Crippen LogP contribution is 2.26. The first-order valence-electron chi connectivity index (χ1n) is 10.3. The van der Waals surface area contributed by atoms with Gasteiger partial charge in [0.2, 0.25) is 10.0 Å². The number of benzene rings is 2. The number of sulfonamides is 1. The first-order valence-corrected chi connectivity index (χ1v) is 10.4. The fourth-order valence-corrected chi connectivity index (χ4v) is 3.36. The van der Waals surface area contributed by atoms with E-state index >= 15 is 0 Å². The predicted octanol–water partition coefficient (Wildman–Crippen LogP) is 2.76. The van der Waals surface area contributed by atoms with Crippen LogP contribution in [0.15, 0.2) is 47.4 Å². The van der Waals surface area contributed by atoms with Crippen molar-refractivity contribution in [2.75, 3.05) is 26.9 Å². The number of halogens is 1. The molecule has 29 heavy (non-hydrogen) atoms. The Kier molecular flexibility index (Phi) is 8.30. The molecule has 0 fully saturated rings. The summed E-state index contributed by atoms with van der Waals surface area (Å²) in [4.78, 5) is -0.187. The van der Waals surface area contributed by atoms with E-state index in [1.54, 1.807) is 18.2 Å². The van der Waals surface area contributed by atoms with Crippen molar-refractivity contribution in [2.24, 2.45) is 5.14 Å². The molecule has 0 radical (unpaired) electrons.